The van der Waals surface area contributed by atoms with E-state index in [1.54, 1.807) is 30.3 Å². The molecule has 21 heavy (non-hydrogen) atoms. The Morgan fingerprint density at radius 1 is 1.19 bits per heavy atom. The van der Waals surface area contributed by atoms with Crippen LogP contribution in [0, 0.1) is 5.92 Å². The summed E-state index contributed by atoms with van der Waals surface area (Å²) in [5.74, 6) is 0.473. The van der Waals surface area contributed by atoms with Gasteiger partial charge in [0.2, 0.25) is 10.0 Å². The molecule has 1 aromatic carbocycles. The van der Waals surface area contributed by atoms with Crippen LogP contribution in [0.2, 0.25) is 5.15 Å². The second kappa shape index (κ2) is 5.91. The van der Waals surface area contributed by atoms with E-state index in [2.05, 4.69) is 9.71 Å². The van der Waals surface area contributed by atoms with Crippen molar-refractivity contribution in [3.63, 3.8) is 0 Å². The Bertz CT molecular complexity index is 755. The molecule has 0 amide bonds. The Kier molecular flexibility index (Phi) is 4.15. The van der Waals surface area contributed by atoms with Crippen molar-refractivity contribution in [2.24, 2.45) is 5.92 Å². The SMILES string of the molecule is O=S(=O)(NCC1CCCC1)c1ccc2nc(Cl)ccc2c1. The van der Waals surface area contributed by atoms with Crippen LogP contribution in [0.15, 0.2) is 35.2 Å². The summed E-state index contributed by atoms with van der Waals surface area (Å²) in [4.78, 5) is 4.43. The molecular weight excluding hydrogens is 308 g/mol. The van der Waals surface area contributed by atoms with Crippen molar-refractivity contribution >= 4 is 32.5 Å². The minimum absolute atomic E-state index is 0.275. The Labute approximate surface area is 129 Å². The molecular formula is C15H17ClN2O2S. The molecule has 1 N–H and O–H groups in total. The number of halogens is 1. The molecule has 0 bridgehead atoms. The summed E-state index contributed by atoms with van der Waals surface area (Å²) in [7, 11) is -3.46. The lowest BCUT2D eigenvalue weighted by Crippen LogP contribution is -2.28. The van der Waals surface area contributed by atoms with Crippen LogP contribution in [0.4, 0.5) is 0 Å². The highest BCUT2D eigenvalue weighted by Crippen LogP contribution is 2.25. The van der Waals surface area contributed by atoms with Gasteiger partial charge in [-0.1, -0.05) is 24.4 Å². The summed E-state index contributed by atoms with van der Waals surface area (Å²) in [6.07, 6.45) is 4.63. The van der Waals surface area contributed by atoms with E-state index in [9.17, 15) is 8.42 Å². The van der Waals surface area contributed by atoms with E-state index in [1.807, 2.05) is 0 Å². The fraction of sp³-hybridized carbons (Fsp3) is 0.400. The summed E-state index contributed by atoms with van der Waals surface area (Å²) < 4.78 is 27.4. The summed E-state index contributed by atoms with van der Waals surface area (Å²) in [6.45, 7) is 0.527. The van der Waals surface area contributed by atoms with Gasteiger partial charge in [-0.25, -0.2) is 18.1 Å². The molecule has 4 nitrogen and oxygen atoms in total. The monoisotopic (exact) mass is 324 g/mol. The van der Waals surface area contributed by atoms with E-state index >= 15 is 0 Å². The normalized spacial score (nSPS) is 16.6. The first-order chi connectivity index (χ1) is 10.0. The smallest absolute Gasteiger partial charge is 0.236 e. The molecule has 0 aliphatic heterocycles. The van der Waals surface area contributed by atoms with Crippen LogP contribution < -0.4 is 4.72 Å². The van der Waals surface area contributed by atoms with E-state index in [0.29, 0.717) is 23.1 Å². The highest BCUT2D eigenvalue weighted by molar-refractivity contribution is 7.89. The predicted octanol–water partition coefficient (Wildman–Crippen LogP) is 3.36. The Balaban J connectivity index is 1.82. The lowest BCUT2D eigenvalue weighted by molar-refractivity contribution is 0.519. The number of nitrogens with zero attached hydrogens (tertiary/aromatic N) is 1. The maximum atomic E-state index is 12.3. The van der Waals surface area contributed by atoms with Crippen molar-refractivity contribution in [3.05, 3.63) is 35.5 Å². The molecule has 1 aromatic heterocycles. The number of hydrogen-bond donors (Lipinski definition) is 1. The second-order valence-corrected chi connectivity index (χ2v) is 7.65. The first-order valence-electron chi connectivity index (χ1n) is 7.10. The van der Waals surface area contributed by atoms with E-state index in [-0.39, 0.29) is 4.90 Å². The molecule has 1 aliphatic carbocycles. The van der Waals surface area contributed by atoms with Crippen molar-refractivity contribution in [1.82, 2.24) is 9.71 Å². The third-order valence-electron chi connectivity index (χ3n) is 3.97. The van der Waals surface area contributed by atoms with E-state index in [4.69, 9.17) is 11.6 Å². The fourth-order valence-electron chi connectivity index (χ4n) is 2.77. The summed E-state index contributed by atoms with van der Waals surface area (Å²) >= 11 is 5.83. The Morgan fingerprint density at radius 2 is 1.95 bits per heavy atom. The number of nitrogens with one attached hydrogen (secondary N) is 1. The molecule has 6 heteroatoms. The fourth-order valence-corrected chi connectivity index (χ4v) is 4.08. The average Bonchev–Trinajstić information content (AvgIpc) is 2.98. The molecule has 0 atom stereocenters. The highest BCUT2D eigenvalue weighted by Gasteiger charge is 2.20. The van der Waals surface area contributed by atoms with Crippen molar-refractivity contribution in [3.8, 4) is 0 Å². The molecule has 0 unspecified atom stereocenters. The molecule has 2 aromatic rings. The summed E-state index contributed by atoms with van der Waals surface area (Å²) in [5.41, 5.74) is 0.692. The quantitative estimate of drug-likeness (QED) is 0.877. The maximum absolute atomic E-state index is 12.3. The molecule has 0 radical (unpaired) electrons. The van der Waals surface area contributed by atoms with Crippen LogP contribution in [0.1, 0.15) is 25.7 Å². The molecule has 1 aliphatic rings. The van der Waals surface area contributed by atoms with Gasteiger partial charge >= 0.3 is 0 Å². The van der Waals surface area contributed by atoms with E-state index in [1.165, 1.54) is 12.8 Å². The van der Waals surface area contributed by atoms with Crippen LogP contribution in [-0.2, 0) is 10.0 Å². The van der Waals surface area contributed by atoms with Gasteiger partial charge in [0.1, 0.15) is 5.15 Å². The second-order valence-electron chi connectivity index (χ2n) is 5.49. The molecule has 0 saturated heterocycles. The van der Waals surface area contributed by atoms with Gasteiger partial charge in [0.15, 0.2) is 0 Å². The van der Waals surface area contributed by atoms with Crippen LogP contribution in [-0.4, -0.2) is 19.9 Å². The standard InChI is InChI=1S/C15H17ClN2O2S/c16-15-8-5-12-9-13(6-7-14(12)18-15)21(19,20)17-10-11-3-1-2-4-11/h5-9,11,17H,1-4,10H2. The predicted molar refractivity (Wildman–Crippen MR) is 83.9 cm³/mol. The molecule has 1 heterocycles. The van der Waals surface area contributed by atoms with Gasteiger partial charge in [0, 0.05) is 11.9 Å². The number of fused-ring (bicyclic) bond motifs is 1. The first kappa shape index (κ1) is 14.8. The largest absolute Gasteiger partial charge is 0.240 e. The number of sulfonamides is 1. The molecule has 0 spiro atoms. The molecule has 1 saturated carbocycles. The van der Waals surface area contributed by atoms with Gasteiger partial charge in [-0.3, -0.25) is 0 Å². The van der Waals surface area contributed by atoms with Crippen LogP contribution in [0.3, 0.4) is 0 Å². The lowest BCUT2D eigenvalue weighted by atomic mass is 10.1. The van der Waals surface area contributed by atoms with Crippen molar-refractivity contribution in [2.45, 2.75) is 30.6 Å². The van der Waals surface area contributed by atoms with Crippen LogP contribution in [0.5, 0.6) is 0 Å². The highest BCUT2D eigenvalue weighted by atomic mass is 35.5. The van der Waals surface area contributed by atoms with Crippen LogP contribution >= 0.6 is 11.6 Å². The van der Waals surface area contributed by atoms with E-state index < -0.39 is 10.0 Å². The molecule has 1 fully saturated rings. The van der Waals surface area contributed by atoms with Gasteiger partial charge in [-0.15, -0.1) is 0 Å². The van der Waals surface area contributed by atoms with Gasteiger partial charge < -0.3 is 0 Å². The number of rotatable bonds is 4. The topological polar surface area (TPSA) is 59.1 Å². The Morgan fingerprint density at radius 3 is 2.71 bits per heavy atom. The number of benzene rings is 1. The van der Waals surface area contributed by atoms with Crippen molar-refractivity contribution in [2.75, 3.05) is 6.54 Å². The third-order valence-corrected chi connectivity index (χ3v) is 5.61. The van der Waals surface area contributed by atoms with E-state index in [0.717, 1.165) is 18.2 Å². The van der Waals surface area contributed by atoms with Crippen molar-refractivity contribution < 1.29 is 8.42 Å². The first-order valence-corrected chi connectivity index (χ1v) is 8.97. The zero-order chi connectivity index (χ0) is 14.9. The van der Waals surface area contributed by atoms with Gasteiger partial charge in [0.05, 0.1) is 10.4 Å². The van der Waals surface area contributed by atoms with Crippen LogP contribution in [0.25, 0.3) is 10.9 Å². The maximum Gasteiger partial charge on any atom is 0.240 e. The van der Waals surface area contributed by atoms with Gasteiger partial charge in [-0.05, 0) is 49.1 Å². The summed E-state index contributed by atoms with van der Waals surface area (Å²) in [6, 6.07) is 8.33. The lowest BCUT2D eigenvalue weighted by Gasteiger charge is -2.11. The number of aromatic nitrogens is 1. The number of hydrogen-bond acceptors (Lipinski definition) is 3. The zero-order valence-electron chi connectivity index (χ0n) is 11.5. The molecule has 112 valence electrons. The summed E-state index contributed by atoms with van der Waals surface area (Å²) in [5, 5.41) is 1.17. The minimum atomic E-state index is -3.46. The van der Waals surface area contributed by atoms with Gasteiger partial charge in [0.25, 0.3) is 0 Å². The van der Waals surface area contributed by atoms with Gasteiger partial charge in [-0.2, -0.15) is 0 Å². The third kappa shape index (κ3) is 3.36. The van der Waals surface area contributed by atoms with Crippen molar-refractivity contribution in [1.29, 1.82) is 0 Å². The average molecular weight is 325 g/mol. The zero-order valence-corrected chi connectivity index (χ0v) is 13.1. The Hall–Kier alpha value is -1.17. The molecule has 3 rings (SSSR count). The minimum Gasteiger partial charge on any atom is -0.236 e. The number of pyridine rings is 1.